The molecule has 1 aromatic carbocycles. The van der Waals surface area contributed by atoms with E-state index in [-0.39, 0.29) is 11.9 Å². The molecule has 0 aliphatic rings. The van der Waals surface area contributed by atoms with Crippen LogP contribution < -0.4 is 11.3 Å². The standard InChI is InChI=1S/C13H16BrFN4/c1-8-10(7-19(2)18-8)12(17-16)6-9-4-3-5-11(15)13(9)14/h3-5,7,12,17H,6,16H2,1-2H3. The number of benzene rings is 1. The second-order valence-corrected chi connectivity index (χ2v) is 5.27. The van der Waals surface area contributed by atoms with Crippen molar-refractivity contribution in [3.05, 3.63) is 51.5 Å². The van der Waals surface area contributed by atoms with Gasteiger partial charge < -0.3 is 0 Å². The molecule has 2 aromatic rings. The molecule has 0 aliphatic heterocycles. The molecule has 1 unspecified atom stereocenters. The first-order valence-corrected chi connectivity index (χ1v) is 6.71. The lowest BCUT2D eigenvalue weighted by Gasteiger charge is -2.16. The summed E-state index contributed by atoms with van der Waals surface area (Å²) in [7, 11) is 1.86. The van der Waals surface area contributed by atoms with E-state index in [1.165, 1.54) is 6.07 Å². The van der Waals surface area contributed by atoms with Crippen LogP contribution in [0, 0.1) is 12.7 Å². The number of rotatable bonds is 4. The summed E-state index contributed by atoms with van der Waals surface area (Å²) in [5.74, 6) is 5.36. The number of nitrogens with one attached hydrogen (secondary N) is 1. The number of halogens is 2. The van der Waals surface area contributed by atoms with Crippen molar-refractivity contribution in [2.75, 3.05) is 0 Å². The Balaban J connectivity index is 2.29. The fourth-order valence-electron chi connectivity index (χ4n) is 2.14. The van der Waals surface area contributed by atoms with E-state index in [2.05, 4.69) is 26.5 Å². The molecule has 0 bridgehead atoms. The summed E-state index contributed by atoms with van der Waals surface area (Å²) in [5, 5.41) is 4.30. The summed E-state index contributed by atoms with van der Waals surface area (Å²) in [4.78, 5) is 0. The first-order chi connectivity index (χ1) is 9.02. The molecule has 0 radical (unpaired) electrons. The Morgan fingerprint density at radius 1 is 1.53 bits per heavy atom. The number of nitrogens with two attached hydrogens (primary N) is 1. The Bertz CT molecular complexity index is 582. The Morgan fingerprint density at radius 3 is 2.84 bits per heavy atom. The van der Waals surface area contributed by atoms with Crippen molar-refractivity contribution in [2.24, 2.45) is 12.9 Å². The van der Waals surface area contributed by atoms with Crippen LogP contribution in [0.3, 0.4) is 0 Å². The van der Waals surface area contributed by atoms with Crippen molar-refractivity contribution in [3.63, 3.8) is 0 Å². The van der Waals surface area contributed by atoms with Crippen LogP contribution in [0.2, 0.25) is 0 Å². The molecule has 6 heteroatoms. The summed E-state index contributed by atoms with van der Waals surface area (Å²) in [6.07, 6.45) is 2.51. The van der Waals surface area contributed by atoms with E-state index >= 15 is 0 Å². The first kappa shape index (κ1) is 14.2. The van der Waals surface area contributed by atoms with Gasteiger partial charge in [-0.15, -0.1) is 0 Å². The van der Waals surface area contributed by atoms with Crippen LogP contribution >= 0.6 is 15.9 Å². The fourth-order valence-corrected chi connectivity index (χ4v) is 2.57. The maximum Gasteiger partial charge on any atom is 0.137 e. The van der Waals surface area contributed by atoms with Gasteiger partial charge in [0, 0.05) is 18.8 Å². The highest BCUT2D eigenvalue weighted by Crippen LogP contribution is 2.26. The molecule has 19 heavy (non-hydrogen) atoms. The third kappa shape index (κ3) is 3.02. The first-order valence-electron chi connectivity index (χ1n) is 5.92. The van der Waals surface area contributed by atoms with Gasteiger partial charge in [0.1, 0.15) is 5.82 Å². The highest BCUT2D eigenvalue weighted by Gasteiger charge is 2.17. The van der Waals surface area contributed by atoms with E-state index in [9.17, 15) is 4.39 Å². The highest BCUT2D eigenvalue weighted by atomic mass is 79.9. The van der Waals surface area contributed by atoms with Crippen LogP contribution in [-0.2, 0) is 13.5 Å². The summed E-state index contributed by atoms with van der Waals surface area (Å²) in [6, 6.07) is 4.89. The van der Waals surface area contributed by atoms with Crippen LogP contribution in [0.4, 0.5) is 4.39 Å². The van der Waals surface area contributed by atoms with Crippen LogP contribution in [0.1, 0.15) is 22.9 Å². The molecular weight excluding hydrogens is 311 g/mol. The quantitative estimate of drug-likeness (QED) is 0.670. The van der Waals surface area contributed by atoms with Crippen molar-refractivity contribution >= 4 is 15.9 Å². The zero-order chi connectivity index (χ0) is 14.0. The zero-order valence-electron chi connectivity index (χ0n) is 10.8. The molecule has 0 spiro atoms. The van der Waals surface area contributed by atoms with Crippen LogP contribution in [0.15, 0.2) is 28.9 Å². The van der Waals surface area contributed by atoms with Crippen LogP contribution in [0.25, 0.3) is 0 Å². The smallest absolute Gasteiger partial charge is 0.137 e. The van der Waals surface area contributed by atoms with Crippen molar-refractivity contribution < 1.29 is 4.39 Å². The monoisotopic (exact) mass is 326 g/mol. The Morgan fingerprint density at radius 2 is 2.26 bits per heavy atom. The van der Waals surface area contributed by atoms with Gasteiger partial charge in [-0.05, 0) is 40.9 Å². The second kappa shape index (κ2) is 5.81. The van der Waals surface area contributed by atoms with Gasteiger partial charge in [0.2, 0.25) is 0 Å². The topological polar surface area (TPSA) is 55.9 Å². The minimum absolute atomic E-state index is 0.105. The molecule has 3 N–H and O–H groups in total. The highest BCUT2D eigenvalue weighted by molar-refractivity contribution is 9.10. The van der Waals surface area contributed by atoms with Crippen molar-refractivity contribution in [3.8, 4) is 0 Å². The number of nitrogens with zero attached hydrogens (tertiary/aromatic N) is 2. The summed E-state index contributed by atoms with van der Waals surface area (Å²) in [5.41, 5.74) is 5.57. The lowest BCUT2D eigenvalue weighted by molar-refractivity contribution is 0.544. The van der Waals surface area contributed by atoms with Crippen LogP contribution in [0.5, 0.6) is 0 Å². The van der Waals surface area contributed by atoms with Gasteiger partial charge in [-0.2, -0.15) is 5.10 Å². The van der Waals surface area contributed by atoms with E-state index in [1.54, 1.807) is 10.7 Å². The molecule has 0 saturated carbocycles. The average molecular weight is 327 g/mol. The Kier molecular flexibility index (Phi) is 4.34. The Labute approximate surface area is 119 Å². The number of aryl methyl sites for hydroxylation is 2. The number of hydrogen-bond donors (Lipinski definition) is 2. The van der Waals surface area contributed by atoms with Crippen molar-refractivity contribution in [1.82, 2.24) is 15.2 Å². The SMILES string of the molecule is Cc1nn(C)cc1C(Cc1cccc(F)c1Br)NN. The predicted molar refractivity (Wildman–Crippen MR) is 75.8 cm³/mol. The van der Waals surface area contributed by atoms with E-state index in [0.29, 0.717) is 10.9 Å². The lowest BCUT2D eigenvalue weighted by atomic mass is 10.00. The fraction of sp³-hybridized carbons (Fsp3) is 0.308. The van der Waals surface area contributed by atoms with Gasteiger partial charge in [0.15, 0.2) is 0 Å². The number of hydrogen-bond acceptors (Lipinski definition) is 3. The zero-order valence-corrected chi connectivity index (χ0v) is 12.4. The molecule has 102 valence electrons. The van der Waals surface area contributed by atoms with E-state index in [1.807, 2.05) is 26.2 Å². The van der Waals surface area contributed by atoms with Gasteiger partial charge in [-0.25, -0.2) is 4.39 Å². The molecule has 4 nitrogen and oxygen atoms in total. The summed E-state index contributed by atoms with van der Waals surface area (Å²) >= 11 is 3.27. The normalized spacial score (nSPS) is 12.7. The molecule has 1 aromatic heterocycles. The maximum absolute atomic E-state index is 13.5. The molecule has 0 saturated heterocycles. The molecule has 0 amide bonds. The third-order valence-electron chi connectivity index (χ3n) is 3.08. The van der Waals surface area contributed by atoms with Gasteiger partial charge in [0.25, 0.3) is 0 Å². The number of aromatic nitrogens is 2. The van der Waals surface area contributed by atoms with Gasteiger partial charge >= 0.3 is 0 Å². The van der Waals surface area contributed by atoms with Crippen LogP contribution in [-0.4, -0.2) is 9.78 Å². The predicted octanol–water partition coefficient (Wildman–Crippen LogP) is 2.38. The van der Waals surface area contributed by atoms with Gasteiger partial charge in [-0.1, -0.05) is 12.1 Å². The molecular formula is C13H16BrFN4. The maximum atomic E-state index is 13.5. The van der Waals surface area contributed by atoms with E-state index in [0.717, 1.165) is 16.8 Å². The molecule has 0 fully saturated rings. The molecule has 1 heterocycles. The largest absolute Gasteiger partial charge is 0.275 e. The van der Waals surface area contributed by atoms with Crippen molar-refractivity contribution in [1.29, 1.82) is 0 Å². The third-order valence-corrected chi connectivity index (χ3v) is 3.97. The summed E-state index contributed by atoms with van der Waals surface area (Å²) < 4.78 is 15.7. The minimum Gasteiger partial charge on any atom is -0.275 e. The van der Waals surface area contributed by atoms with E-state index in [4.69, 9.17) is 5.84 Å². The second-order valence-electron chi connectivity index (χ2n) is 4.48. The van der Waals surface area contributed by atoms with Gasteiger partial charge in [0.05, 0.1) is 16.2 Å². The number of hydrazine groups is 1. The minimum atomic E-state index is -0.267. The van der Waals surface area contributed by atoms with Crippen molar-refractivity contribution in [2.45, 2.75) is 19.4 Å². The van der Waals surface area contributed by atoms with E-state index < -0.39 is 0 Å². The average Bonchev–Trinajstić information content (AvgIpc) is 2.70. The Hall–Kier alpha value is -1.24. The molecule has 0 aliphatic carbocycles. The molecule has 2 rings (SSSR count). The molecule has 1 atom stereocenters. The summed E-state index contributed by atoms with van der Waals surface area (Å²) in [6.45, 7) is 1.93. The van der Waals surface area contributed by atoms with Gasteiger partial charge in [-0.3, -0.25) is 16.0 Å². The lowest BCUT2D eigenvalue weighted by Crippen LogP contribution is -2.30.